The highest BCUT2D eigenvalue weighted by atomic mass is 16.4. The van der Waals surface area contributed by atoms with Gasteiger partial charge in [-0.05, 0) is 25.0 Å². The van der Waals surface area contributed by atoms with Crippen LogP contribution < -0.4 is 5.32 Å². The van der Waals surface area contributed by atoms with E-state index in [1.807, 2.05) is 6.07 Å². The molecule has 0 fully saturated rings. The fourth-order valence-corrected chi connectivity index (χ4v) is 1.46. The van der Waals surface area contributed by atoms with Crippen molar-refractivity contribution in [3.05, 3.63) is 30.1 Å². The lowest BCUT2D eigenvalue weighted by molar-refractivity contribution is -0.143. The first-order valence-corrected chi connectivity index (χ1v) is 6.04. The van der Waals surface area contributed by atoms with Crippen molar-refractivity contribution in [2.45, 2.75) is 32.4 Å². The first-order chi connectivity index (χ1) is 8.89. The van der Waals surface area contributed by atoms with E-state index in [9.17, 15) is 9.59 Å². The summed E-state index contributed by atoms with van der Waals surface area (Å²) in [6, 6.07) is 3.22. The van der Waals surface area contributed by atoms with Crippen molar-refractivity contribution < 1.29 is 14.7 Å². The molecule has 1 aromatic rings. The Morgan fingerprint density at radius 2 is 2.21 bits per heavy atom. The van der Waals surface area contributed by atoms with Crippen LogP contribution in [0.25, 0.3) is 0 Å². The van der Waals surface area contributed by atoms with Gasteiger partial charge in [0, 0.05) is 26.0 Å². The number of nitrogens with one attached hydrogen (secondary N) is 1. The third-order valence-corrected chi connectivity index (χ3v) is 3.05. The zero-order chi connectivity index (χ0) is 14.5. The molecule has 0 saturated carbocycles. The van der Waals surface area contributed by atoms with Crippen molar-refractivity contribution in [3.8, 4) is 0 Å². The summed E-state index contributed by atoms with van der Waals surface area (Å²) in [5.74, 6) is -1.04. The maximum absolute atomic E-state index is 12.0. The van der Waals surface area contributed by atoms with E-state index in [1.165, 1.54) is 11.8 Å². The molecule has 1 heterocycles. The Balaban J connectivity index is 2.65. The van der Waals surface area contributed by atoms with Crippen LogP contribution in [-0.4, -0.2) is 39.6 Å². The van der Waals surface area contributed by atoms with Gasteiger partial charge in [0.25, 0.3) is 0 Å². The molecule has 2 amide bonds. The normalized spacial score (nSPS) is 13.4. The Bertz CT molecular complexity index is 450. The van der Waals surface area contributed by atoms with Crippen molar-refractivity contribution in [2.24, 2.45) is 0 Å². The molecule has 0 spiro atoms. The Morgan fingerprint density at radius 1 is 1.53 bits per heavy atom. The lowest BCUT2D eigenvalue weighted by Gasteiger charge is -2.28. The van der Waals surface area contributed by atoms with Crippen LogP contribution in [0.3, 0.4) is 0 Å². The van der Waals surface area contributed by atoms with Gasteiger partial charge in [-0.1, -0.05) is 13.0 Å². The molecule has 1 atom stereocenters. The number of aromatic nitrogens is 1. The third kappa shape index (κ3) is 3.94. The average molecular weight is 265 g/mol. The molecule has 19 heavy (non-hydrogen) atoms. The van der Waals surface area contributed by atoms with Crippen molar-refractivity contribution in [1.29, 1.82) is 0 Å². The Morgan fingerprint density at radius 3 is 2.68 bits per heavy atom. The molecular formula is C13H19N3O3. The van der Waals surface area contributed by atoms with E-state index in [1.54, 1.807) is 32.4 Å². The highest BCUT2D eigenvalue weighted by Crippen LogP contribution is 2.10. The molecule has 6 heteroatoms. The van der Waals surface area contributed by atoms with Gasteiger partial charge in [0.15, 0.2) is 0 Å². The standard InChI is InChI=1S/C13H19N3O3/c1-4-13(2,11(17)18)15-12(19)16(3)9-10-6-5-7-14-8-10/h5-8H,4,9H2,1-3H3,(H,15,19)(H,17,18). The Kier molecular flexibility index (Phi) is 4.86. The zero-order valence-electron chi connectivity index (χ0n) is 11.4. The number of carboxylic acid groups (broad SMARTS) is 1. The van der Waals surface area contributed by atoms with Gasteiger partial charge in [0.1, 0.15) is 5.54 Å². The highest BCUT2D eigenvalue weighted by Gasteiger charge is 2.33. The number of hydrogen-bond donors (Lipinski definition) is 2. The number of urea groups is 1. The number of nitrogens with zero attached hydrogens (tertiary/aromatic N) is 2. The number of carbonyl (C=O) groups is 2. The van der Waals surface area contributed by atoms with Gasteiger partial charge in [-0.25, -0.2) is 9.59 Å². The molecule has 1 aromatic heterocycles. The Labute approximate surface area is 112 Å². The molecule has 0 aliphatic heterocycles. The van der Waals surface area contributed by atoms with Gasteiger partial charge in [-0.15, -0.1) is 0 Å². The number of carboxylic acids is 1. The van der Waals surface area contributed by atoms with E-state index in [2.05, 4.69) is 10.3 Å². The van der Waals surface area contributed by atoms with Gasteiger partial charge in [-0.3, -0.25) is 4.98 Å². The second-order valence-electron chi connectivity index (χ2n) is 4.64. The molecule has 0 bridgehead atoms. The first-order valence-electron chi connectivity index (χ1n) is 6.04. The van der Waals surface area contributed by atoms with Crippen LogP contribution in [-0.2, 0) is 11.3 Å². The second kappa shape index (κ2) is 6.17. The van der Waals surface area contributed by atoms with Crippen LogP contribution in [0.4, 0.5) is 4.79 Å². The fourth-order valence-electron chi connectivity index (χ4n) is 1.46. The largest absolute Gasteiger partial charge is 0.480 e. The minimum atomic E-state index is -1.25. The Hall–Kier alpha value is -2.11. The molecule has 0 radical (unpaired) electrons. The number of pyridine rings is 1. The smallest absolute Gasteiger partial charge is 0.329 e. The summed E-state index contributed by atoms with van der Waals surface area (Å²) in [6.07, 6.45) is 3.64. The maximum atomic E-state index is 12.0. The minimum absolute atomic E-state index is 0.314. The topological polar surface area (TPSA) is 82.5 Å². The summed E-state index contributed by atoms with van der Waals surface area (Å²) in [7, 11) is 1.61. The average Bonchev–Trinajstić information content (AvgIpc) is 2.39. The van der Waals surface area contributed by atoms with E-state index in [0.717, 1.165) is 5.56 Å². The van der Waals surface area contributed by atoms with Crippen LogP contribution >= 0.6 is 0 Å². The van der Waals surface area contributed by atoms with E-state index < -0.39 is 17.5 Å². The molecule has 6 nitrogen and oxygen atoms in total. The van der Waals surface area contributed by atoms with Crippen LogP contribution in [0, 0.1) is 0 Å². The SMILES string of the molecule is CCC(C)(NC(=O)N(C)Cc1cccnc1)C(=O)O. The summed E-state index contributed by atoms with van der Waals surface area (Å²) in [6.45, 7) is 3.58. The molecule has 0 saturated heterocycles. The molecule has 0 aromatic carbocycles. The molecular weight excluding hydrogens is 246 g/mol. The monoisotopic (exact) mass is 265 g/mol. The zero-order valence-corrected chi connectivity index (χ0v) is 11.4. The van der Waals surface area contributed by atoms with Gasteiger partial charge >= 0.3 is 12.0 Å². The molecule has 2 N–H and O–H groups in total. The summed E-state index contributed by atoms with van der Waals surface area (Å²) in [4.78, 5) is 28.5. The van der Waals surface area contributed by atoms with E-state index in [-0.39, 0.29) is 0 Å². The number of carbonyl (C=O) groups excluding carboxylic acids is 1. The van der Waals surface area contributed by atoms with E-state index >= 15 is 0 Å². The van der Waals surface area contributed by atoms with E-state index in [4.69, 9.17) is 5.11 Å². The van der Waals surface area contributed by atoms with Crippen LogP contribution in [0.15, 0.2) is 24.5 Å². The lowest BCUT2D eigenvalue weighted by Crippen LogP contribution is -2.54. The van der Waals surface area contributed by atoms with Gasteiger partial charge in [-0.2, -0.15) is 0 Å². The van der Waals surface area contributed by atoms with Crippen LogP contribution in [0.1, 0.15) is 25.8 Å². The molecule has 1 unspecified atom stereocenters. The van der Waals surface area contributed by atoms with E-state index in [0.29, 0.717) is 13.0 Å². The molecule has 1 rings (SSSR count). The van der Waals surface area contributed by atoms with Gasteiger partial charge in [0.2, 0.25) is 0 Å². The third-order valence-electron chi connectivity index (χ3n) is 3.05. The molecule has 0 aliphatic carbocycles. The van der Waals surface area contributed by atoms with Gasteiger partial charge in [0.05, 0.1) is 0 Å². The van der Waals surface area contributed by atoms with Crippen molar-refractivity contribution >= 4 is 12.0 Å². The van der Waals surface area contributed by atoms with Crippen molar-refractivity contribution in [2.75, 3.05) is 7.05 Å². The predicted octanol–water partition coefficient (Wildman–Crippen LogP) is 1.48. The fraction of sp³-hybridized carbons (Fsp3) is 0.462. The number of rotatable bonds is 5. The van der Waals surface area contributed by atoms with Crippen LogP contribution in [0.2, 0.25) is 0 Å². The van der Waals surface area contributed by atoms with Crippen molar-refractivity contribution in [1.82, 2.24) is 15.2 Å². The van der Waals surface area contributed by atoms with Crippen LogP contribution in [0.5, 0.6) is 0 Å². The molecule has 0 aliphatic rings. The van der Waals surface area contributed by atoms with Crippen molar-refractivity contribution in [3.63, 3.8) is 0 Å². The highest BCUT2D eigenvalue weighted by molar-refractivity contribution is 5.85. The number of hydrogen-bond acceptors (Lipinski definition) is 3. The number of amides is 2. The minimum Gasteiger partial charge on any atom is -0.480 e. The summed E-state index contributed by atoms with van der Waals surface area (Å²) >= 11 is 0. The maximum Gasteiger partial charge on any atom is 0.329 e. The molecule has 104 valence electrons. The number of aliphatic carboxylic acids is 1. The predicted molar refractivity (Wildman–Crippen MR) is 70.6 cm³/mol. The lowest BCUT2D eigenvalue weighted by atomic mass is 10.00. The second-order valence-corrected chi connectivity index (χ2v) is 4.64. The first kappa shape index (κ1) is 14.9. The summed E-state index contributed by atoms with van der Waals surface area (Å²) in [5, 5.41) is 11.6. The summed E-state index contributed by atoms with van der Waals surface area (Å²) in [5.41, 5.74) is -0.367. The van der Waals surface area contributed by atoms with Gasteiger partial charge < -0.3 is 15.3 Å². The quantitative estimate of drug-likeness (QED) is 0.844. The summed E-state index contributed by atoms with van der Waals surface area (Å²) < 4.78 is 0.